The van der Waals surface area contributed by atoms with Crippen molar-refractivity contribution < 1.29 is 14.2 Å². The second-order valence-corrected chi connectivity index (χ2v) is 3.23. The van der Waals surface area contributed by atoms with E-state index in [1.165, 1.54) is 19.2 Å². The number of ether oxygens (including phenoxy) is 1. The van der Waals surface area contributed by atoms with Gasteiger partial charge in [0.05, 0.1) is 17.6 Å². The molecule has 7 heteroatoms. The molecule has 0 bridgehead atoms. The van der Waals surface area contributed by atoms with E-state index in [0.717, 1.165) is 0 Å². The summed E-state index contributed by atoms with van der Waals surface area (Å²) in [5.74, 6) is 0.256. The van der Waals surface area contributed by atoms with Crippen molar-refractivity contribution in [3.05, 3.63) is 34.4 Å². The molecule has 2 aromatic rings. The lowest BCUT2D eigenvalue weighted by Crippen LogP contribution is -1.96. The summed E-state index contributed by atoms with van der Waals surface area (Å²) in [7, 11) is 1.36. The largest absolute Gasteiger partial charge is 0.490 e. The normalized spacial score (nSPS) is 10.2. The van der Waals surface area contributed by atoms with E-state index in [2.05, 4.69) is 5.16 Å². The van der Waals surface area contributed by atoms with Crippen LogP contribution in [-0.4, -0.2) is 17.2 Å². The van der Waals surface area contributed by atoms with E-state index in [1.807, 2.05) is 0 Å². The second kappa shape index (κ2) is 4.12. The van der Waals surface area contributed by atoms with Crippen LogP contribution in [0.15, 0.2) is 28.8 Å². The first-order valence-electron chi connectivity index (χ1n) is 4.67. The van der Waals surface area contributed by atoms with Crippen LogP contribution in [0.5, 0.6) is 5.75 Å². The molecular formula is C10H9N3O4. The van der Waals surface area contributed by atoms with Gasteiger partial charge in [-0.2, -0.15) is 0 Å². The zero-order chi connectivity index (χ0) is 12.4. The lowest BCUT2D eigenvalue weighted by molar-refractivity contribution is -0.385. The molecule has 0 aliphatic carbocycles. The summed E-state index contributed by atoms with van der Waals surface area (Å²) in [5, 5.41) is 14.7. The molecule has 0 fully saturated rings. The molecule has 17 heavy (non-hydrogen) atoms. The first kappa shape index (κ1) is 10.9. The van der Waals surface area contributed by atoms with Gasteiger partial charge in [0.1, 0.15) is 5.69 Å². The Morgan fingerprint density at radius 1 is 1.53 bits per heavy atom. The molecular weight excluding hydrogens is 226 g/mol. The molecule has 0 saturated heterocycles. The number of methoxy groups -OCH3 is 1. The number of rotatable bonds is 3. The van der Waals surface area contributed by atoms with Crippen LogP contribution >= 0.6 is 0 Å². The van der Waals surface area contributed by atoms with E-state index < -0.39 is 4.92 Å². The van der Waals surface area contributed by atoms with Crippen molar-refractivity contribution in [2.24, 2.45) is 0 Å². The maximum Gasteiger partial charge on any atom is 0.320 e. The first-order chi connectivity index (χ1) is 8.13. The van der Waals surface area contributed by atoms with Crippen molar-refractivity contribution >= 4 is 11.6 Å². The van der Waals surface area contributed by atoms with Gasteiger partial charge in [-0.15, -0.1) is 0 Å². The van der Waals surface area contributed by atoms with Gasteiger partial charge in [0.2, 0.25) is 5.88 Å². The topological polar surface area (TPSA) is 104 Å². The number of hydrogen-bond acceptors (Lipinski definition) is 6. The van der Waals surface area contributed by atoms with Gasteiger partial charge in [-0.1, -0.05) is 11.2 Å². The number of aromatic nitrogens is 1. The number of benzene rings is 1. The number of anilines is 1. The zero-order valence-electron chi connectivity index (χ0n) is 8.91. The molecule has 0 radical (unpaired) electrons. The number of para-hydroxylation sites is 1. The third kappa shape index (κ3) is 1.89. The van der Waals surface area contributed by atoms with Gasteiger partial charge >= 0.3 is 5.69 Å². The molecule has 88 valence electrons. The number of nitrogens with two attached hydrogens (primary N) is 1. The molecule has 0 spiro atoms. The Balaban J connectivity index is 2.65. The van der Waals surface area contributed by atoms with Crippen molar-refractivity contribution in [1.82, 2.24) is 5.16 Å². The number of nitrogen functional groups attached to an aromatic ring is 1. The number of nitro groups is 1. The number of hydrogen-bond donors (Lipinski definition) is 1. The third-order valence-corrected chi connectivity index (χ3v) is 2.21. The Labute approximate surface area is 95.9 Å². The second-order valence-electron chi connectivity index (χ2n) is 3.23. The molecule has 2 N–H and O–H groups in total. The summed E-state index contributed by atoms with van der Waals surface area (Å²) >= 11 is 0. The predicted octanol–water partition coefficient (Wildman–Crippen LogP) is 1.84. The molecule has 1 aromatic carbocycles. The van der Waals surface area contributed by atoms with Crippen LogP contribution in [0.2, 0.25) is 0 Å². The summed E-state index contributed by atoms with van der Waals surface area (Å²) in [6.07, 6.45) is 0. The number of nitrogens with zero attached hydrogens (tertiary/aromatic N) is 2. The molecule has 0 aliphatic rings. The molecule has 0 atom stereocenters. The first-order valence-corrected chi connectivity index (χ1v) is 4.67. The van der Waals surface area contributed by atoms with Crippen molar-refractivity contribution in [1.29, 1.82) is 0 Å². The Morgan fingerprint density at radius 3 is 2.82 bits per heavy atom. The highest BCUT2D eigenvalue weighted by atomic mass is 16.6. The van der Waals surface area contributed by atoms with Crippen LogP contribution in [-0.2, 0) is 0 Å². The summed E-state index contributed by atoms with van der Waals surface area (Å²) in [4.78, 5) is 10.5. The van der Waals surface area contributed by atoms with Gasteiger partial charge in [0, 0.05) is 6.07 Å². The van der Waals surface area contributed by atoms with Crippen molar-refractivity contribution in [3.8, 4) is 17.0 Å². The fraction of sp³-hybridized carbons (Fsp3) is 0.100. The van der Waals surface area contributed by atoms with Gasteiger partial charge in [0.15, 0.2) is 5.75 Å². The van der Waals surface area contributed by atoms with Crippen LogP contribution < -0.4 is 10.5 Å². The fourth-order valence-corrected chi connectivity index (χ4v) is 1.50. The fourth-order valence-electron chi connectivity index (χ4n) is 1.50. The minimum atomic E-state index is -0.529. The quantitative estimate of drug-likeness (QED) is 0.642. The summed E-state index contributed by atoms with van der Waals surface area (Å²) < 4.78 is 9.64. The van der Waals surface area contributed by atoms with E-state index in [9.17, 15) is 10.1 Å². The Morgan fingerprint density at radius 2 is 2.29 bits per heavy atom. The lowest BCUT2D eigenvalue weighted by atomic mass is 10.1. The van der Waals surface area contributed by atoms with Crippen LogP contribution in [0.25, 0.3) is 11.3 Å². The van der Waals surface area contributed by atoms with Gasteiger partial charge < -0.3 is 15.0 Å². The monoisotopic (exact) mass is 235 g/mol. The van der Waals surface area contributed by atoms with Gasteiger partial charge in [-0.3, -0.25) is 10.1 Å². The van der Waals surface area contributed by atoms with Gasteiger partial charge in [0.25, 0.3) is 0 Å². The van der Waals surface area contributed by atoms with Gasteiger partial charge in [-0.05, 0) is 12.1 Å². The van der Waals surface area contributed by atoms with Gasteiger partial charge in [-0.25, -0.2) is 0 Å². The third-order valence-electron chi connectivity index (χ3n) is 2.21. The predicted molar refractivity (Wildman–Crippen MR) is 59.6 cm³/mol. The Kier molecular flexibility index (Phi) is 2.65. The molecule has 2 rings (SSSR count). The van der Waals surface area contributed by atoms with Crippen LogP contribution in [0, 0.1) is 10.1 Å². The highest BCUT2D eigenvalue weighted by Gasteiger charge is 2.23. The maximum absolute atomic E-state index is 11.0. The zero-order valence-corrected chi connectivity index (χ0v) is 8.91. The van der Waals surface area contributed by atoms with E-state index in [0.29, 0.717) is 11.3 Å². The summed E-state index contributed by atoms with van der Waals surface area (Å²) in [6.45, 7) is 0. The molecule has 1 heterocycles. The van der Waals surface area contributed by atoms with Crippen molar-refractivity contribution in [2.75, 3.05) is 12.8 Å². The Bertz CT molecular complexity index is 564. The van der Waals surface area contributed by atoms with E-state index in [-0.39, 0.29) is 17.3 Å². The van der Waals surface area contributed by atoms with Crippen LogP contribution in [0.1, 0.15) is 0 Å². The molecule has 0 aliphatic heterocycles. The minimum absolute atomic E-state index is 0.0946. The summed E-state index contributed by atoms with van der Waals surface area (Å²) in [6, 6.07) is 6.11. The Hall–Kier alpha value is -2.57. The molecule has 1 aromatic heterocycles. The summed E-state index contributed by atoms with van der Waals surface area (Å²) in [5.41, 5.74) is 5.82. The average molecular weight is 235 g/mol. The highest BCUT2D eigenvalue weighted by Crippen LogP contribution is 2.37. The maximum atomic E-state index is 11.0. The molecule has 0 saturated carbocycles. The molecule has 0 amide bonds. The molecule has 7 nitrogen and oxygen atoms in total. The van der Waals surface area contributed by atoms with E-state index in [1.54, 1.807) is 12.1 Å². The van der Waals surface area contributed by atoms with Crippen LogP contribution in [0.3, 0.4) is 0 Å². The smallest absolute Gasteiger partial charge is 0.320 e. The van der Waals surface area contributed by atoms with Crippen molar-refractivity contribution in [3.63, 3.8) is 0 Å². The SMILES string of the molecule is COc1cccc(-c2cc(N)on2)c1[N+](=O)[O-]. The standard InChI is InChI=1S/C10H9N3O4/c1-16-8-4-2-3-6(10(8)13(14)15)7-5-9(11)17-12-7/h2-5H,11H2,1H3. The molecule has 0 unspecified atom stereocenters. The van der Waals surface area contributed by atoms with Crippen molar-refractivity contribution in [2.45, 2.75) is 0 Å². The van der Waals surface area contributed by atoms with E-state index in [4.69, 9.17) is 15.0 Å². The lowest BCUT2D eigenvalue weighted by Gasteiger charge is -2.04. The number of nitro benzene ring substituents is 1. The average Bonchev–Trinajstić information content (AvgIpc) is 2.74. The van der Waals surface area contributed by atoms with Crippen LogP contribution in [0.4, 0.5) is 11.6 Å². The minimum Gasteiger partial charge on any atom is -0.490 e. The van der Waals surface area contributed by atoms with E-state index >= 15 is 0 Å². The highest BCUT2D eigenvalue weighted by molar-refractivity contribution is 5.75.